The van der Waals surface area contributed by atoms with Gasteiger partial charge in [-0.2, -0.15) is 0 Å². The molecule has 0 fully saturated rings. The molecular weight excluding hydrogens is 1170 g/mol. The van der Waals surface area contributed by atoms with E-state index in [0.717, 1.165) is 166 Å². The molecule has 0 amide bonds. The number of benzene rings is 16. The molecule has 0 saturated carbocycles. The average Bonchev–Trinajstić information content (AvgIpc) is 1.55. The summed E-state index contributed by atoms with van der Waals surface area (Å²) in [4.78, 5) is 9.38. The predicted octanol–water partition coefficient (Wildman–Crippen LogP) is 26.3. The number of nitrogens with zero attached hydrogens (tertiary/aromatic N) is 4. The van der Waals surface area contributed by atoms with Crippen LogP contribution in [0, 0.1) is 13.8 Å². The van der Waals surface area contributed by atoms with E-state index in [2.05, 4.69) is 373 Å². The molecule has 0 N–H and O–H groups in total. The van der Waals surface area contributed by atoms with Gasteiger partial charge in [-0.25, -0.2) is 0 Å². The first-order valence-electron chi connectivity index (χ1n) is 32.8. The zero-order valence-electron chi connectivity index (χ0n) is 52.9. The van der Waals surface area contributed by atoms with E-state index >= 15 is 0 Å². The summed E-state index contributed by atoms with van der Waals surface area (Å²) in [5, 5.41) is 13.4. The van der Waals surface area contributed by atoms with Crippen molar-refractivity contribution in [3.63, 3.8) is 0 Å². The molecule has 0 unspecified atom stereocenters. The molecule has 0 aliphatic carbocycles. The van der Waals surface area contributed by atoms with Crippen LogP contribution >= 0.6 is 0 Å². The van der Waals surface area contributed by atoms with Crippen molar-refractivity contribution in [3.05, 3.63) is 351 Å². The van der Waals surface area contributed by atoms with E-state index in [1.54, 1.807) is 0 Å². The van der Waals surface area contributed by atoms with Crippen molar-refractivity contribution >= 4 is 155 Å². The summed E-state index contributed by atoms with van der Waals surface area (Å²) >= 11 is 0. The minimum atomic E-state index is 0.856. The van der Waals surface area contributed by atoms with Gasteiger partial charge >= 0.3 is 0 Å². The van der Waals surface area contributed by atoms with Crippen LogP contribution in [0.4, 0.5) is 68.2 Å². The van der Waals surface area contributed by atoms with E-state index in [0.29, 0.717) is 0 Å². The van der Waals surface area contributed by atoms with Gasteiger partial charge in [0.05, 0.1) is 0 Å². The molecule has 0 atom stereocenters. The van der Waals surface area contributed by atoms with Gasteiger partial charge in [0.15, 0.2) is 0 Å². The Morgan fingerprint density at radius 3 is 0.792 bits per heavy atom. The van der Waals surface area contributed by atoms with Crippen LogP contribution in [0.1, 0.15) is 11.1 Å². The Hall–Kier alpha value is -12.6. The quantitative estimate of drug-likeness (QED) is 0.115. The fourth-order valence-corrected chi connectivity index (χ4v) is 14.4. The maximum absolute atomic E-state index is 6.84. The molecule has 18 aromatic rings. The van der Waals surface area contributed by atoms with Crippen LogP contribution in [-0.2, 0) is 0 Å². The monoisotopic (exact) mass is 1230 g/mol. The van der Waals surface area contributed by atoms with E-state index in [1.165, 1.54) is 11.1 Å². The van der Waals surface area contributed by atoms with Gasteiger partial charge in [0.1, 0.15) is 22.3 Å². The van der Waals surface area contributed by atoms with Crippen LogP contribution < -0.4 is 19.6 Å². The Balaban J connectivity index is 0.678. The van der Waals surface area contributed by atoms with Crippen LogP contribution in [0.15, 0.2) is 349 Å². The Bertz CT molecular complexity index is 5980. The number of fused-ring (bicyclic) bond motifs is 10. The van der Waals surface area contributed by atoms with Gasteiger partial charge in [0, 0.05) is 89.8 Å². The maximum atomic E-state index is 6.84. The van der Waals surface area contributed by atoms with Crippen molar-refractivity contribution in [3.8, 4) is 11.1 Å². The molecule has 0 saturated heterocycles. The lowest BCUT2D eigenvalue weighted by Crippen LogP contribution is -2.11. The summed E-state index contributed by atoms with van der Waals surface area (Å²) in [5.41, 5.74) is 21.0. The number of hydrogen-bond donors (Lipinski definition) is 0. The van der Waals surface area contributed by atoms with Gasteiger partial charge in [-0.15, -0.1) is 0 Å². The molecule has 2 aromatic heterocycles. The number of para-hydroxylation sites is 6. The van der Waals surface area contributed by atoms with Crippen molar-refractivity contribution in [2.45, 2.75) is 13.8 Å². The van der Waals surface area contributed by atoms with Gasteiger partial charge in [0.25, 0.3) is 0 Å². The Morgan fingerprint density at radius 1 is 0.188 bits per heavy atom. The maximum Gasteiger partial charge on any atom is 0.136 e. The molecule has 6 heteroatoms. The number of aryl methyl sites for hydroxylation is 2. The van der Waals surface area contributed by atoms with Gasteiger partial charge in [-0.05, 0) is 261 Å². The summed E-state index contributed by atoms with van der Waals surface area (Å²) < 4.78 is 13.7. The normalized spacial score (nSPS) is 11.6. The standard InChI is InChI=1S/C90H62N4O2/c1-59-21-15-17-35-85(59)93(74-31-13-6-14-32-74)79-43-39-65-53-83-84-54-66-40-44-80(50-70(66)58-90(84)96-89(83)57-69(65)49-79)94(86-36-18-16-22-60(86)2)76-34-20-24-62(46-76)61-23-19-33-75(45-61)92(73-29-11-5-12-30-73)78-42-38-64-52-82-81-51-63-37-41-77(47-67(63)55-87(81)95-88(82)56-68(64)48-78)91(71-25-7-3-8-26-71)72-27-9-4-10-28-72/h3-58H,1-2H3. The lowest BCUT2D eigenvalue weighted by atomic mass is 10.0. The van der Waals surface area contributed by atoms with E-state index in [-0.39, 0.29) is 0 Å². The summed E-state index contributed by atoms with van der Waals surface area (Å²) in [6.45, 7) is 4.36. The van der Waals surface area contributed by atoms with Gasteiger partial charge in [-0.3, -0.25) is 0 Å². The van der Waals surface area contributed by atoms with Crippen molar-refractivity contribution in [2.24, 2.45) is 0 Å². The molecule has 18 rings (SSSR count). The molecular formula is C90H62N4O2. The van der Waals surface area contributed by atoms with Crippen molar-refractivity contribution in [2.75, 3.05) is 19.6 Å². The Morgan fingerprint density at radius 2 is 0.448 bits per heavy atom. The summed E-state index contributed by atoms with van der Waals surface area (Å²) in [6.07, 6.45) is 0. The topological polar surface area (TPSA) is 39.2 Å². The van der Waals surface area contributed by atoms with Gasteiger partial charge < -0.3 is 28.4 Å². The first-order chi connectivity index (χ1) is 47.3. The first-order valence-corrected chi connectivity index (χ1v) is 32.8. The Labute approximate surface area is 556 Å². The number of hydrogen-bond acceptors (Lipinski definition) is 6. The SMILES string of the molecule is Cc1ccccc1N(c1ccccc1)c1ccc2cc3c(cc2c1)oc1cc2cc(N(c4cccc(-c5cccc(N(c6ccccc6)c6ccc7cc8c(cc7c6)oc6cc7cc(N(c9ccccc9)c9ccccc9)ccc7cc68)c5)c4)c4ccccc4C)ccc2cc13. The second-order valence-electron chi connectivity index (χ2n) is 25.1. The lowest BCUT2D eigenvalue weighted by molar-refractivity contribution is 0.669. The molecule has 96 heavy (non-hydrogen) atoms. The van der Waals surface area contributed by atoms with E-state index in [1.807, 2.05) is 0 Å². The van der Waals surface area contributed by atoms with Gasteiger partial charge in [0.2, 0.25) is 0 Å². The zero-order chi connectivity index (χ0) is 63.8. The van der Waals surface area contributed by atoms with Crippen molar-refractivity contribution in [1.29, 1.82) is 0 Å². The molecule has 0 aliphatic heterocycles. The number of rotatable bonds is 13. The van der Waals surface area contributed by atoms with Crippen LogP contribution in [0.3, 0.4) is 0 Å². The second kappa shape index (κ2) is 23.2. The third-order valence-electron chi connectivity index (χ3n) is 19.1. The van der Waals surface area contributed by atoms with Crippen molar-refractivity contribution < 1.29 is 8.83 Å². The molecule has 0 aliphatic rings. The van der Waals surface area contributed by atoms with E-state index in [9.17, 15) is 0 Å². The van der Waals surface area contributed by atoms with E-state index < -0.39 is 0 Å². The average molecular weight is 1230 g/mol. The third-order valence-corrected chi connectivity index (χ3v) is 19.1. The fourth-order valence-electron chi connectivity index (χ4n) is 14.4. The molecule has 16 aromatic carbocycles. The summed E-state index contributed by atoms with van der Waals surface area (Å²) in [5.74, 6) is 0. The molecule has 0 radical (unpaired) electrons. The third kappa shape index (κ3) is 9.99. The molecule has 0 spiro atoms. The largest absolute Gasteiger partial charge is 0.456 e. The van der Waals surface area contributed by atoms with Crippen LogP contribution in [-0.4, -0.2) is 0 Å². The summed E-state index contributed by atoms with van der Waals surface area (Å²) in [6, 6.07) is 122. The number of furan rings is 2. The first kappa shape index (κ1) is 56.1. The molecule has 454 valence electrons. The Kier molecular flexibility index (Phi) is 13.6. The highest BCUT2D eigenvalue weighted by Gasteiger charge is 2.22. The van der Waals surface area contributed by atoms with Crippen LogP contribution in [0.2, 0.25) is 0 Å². The van der Waals surface area contributed by atoms with Crippen LogP contribution in [0.25, 0.3) is 98.1 Å². The van der Waals surface area contributed by atoms with Crippen LogP contribution in [0.5, 0.6) is 0 Å². The fraction of sp³-hybridized carbons (Fsp3) is 0.0222. The zero-order valence-corrected chi connectivity index (χ0v) is 52.9. The highest BCUT2D eigenvalue weighted by atomic mass is 16.3. The molecule has 2 heterocycles. The summed E-state index contributed by atoms with van der Waals surface area (Å²) in [7, 11) is 0. The number of anilines is 12. The second-order valence-corrected chi connectivity index (χ2v) is 25.1. The van der Waals surface area contributed by atoms with Crippen molar-refractivity contribution in [1.82, 2.24) is 0 Å². The lowest BCUT2D eigenvalue weighted by Gasteiger charge is -2.28. The predicted molar refractivity (Wildman–Crippen MR) is 405 cm³/mol. The molecule has 6 nitrogen and oxygen atoms in total. The highest BCUT2D eigenvalue weighted by Crippen LogP contribution is 2.46. The van der Waals surface area contributed by atoms with E-state index in [4.69, 9.17) is 8.83 Å². The smallest absolute Gasteiger partial charge is 0.136 e. The minimum absolute atomic E-state index is 0.856. The highest BCUT2D eigenvalue weighted by molar-refractivity contribution is 6.16. The minimum Gasteiger partial charge on any atom is -0.456 e. The van der Waals surface area contributed by atoms with Gasteiger partial charge in [-0.1, -0.05) is 158 Å². The molecule has 0 bridgehead atoms.